The van der Waals surface area contributed by atoms with Crippen molar-refractivity contribution in [3.05, 3.63) is 76.7 Å². The van der Waals surface area contributed by atoms with E-state index in [-0.39, 0.29) is 0 Å². The number of halogens is 1. The molecule has 0 bridgehead atoms. The third-order valence-corrected chi connectivity index (χ3v) is 7.10. The Bertz CT molecular complexity index is 1630. The fraction of sp³-hybridized carbons (Fsp3) is 0.192. The number of imidazole rings is 1. The lowest BCUT2D eigenvalue weighted by Gasteiger charge is -2.09. The van der Waals surface area contributed by atoms with Gasteiger partial charge in [-0.15, -0.1) is 5.10 Å². The molecule has 4 heterocycles. The number of aromatic nitrogens is 8. The summed E-state index contributed by atoms with van der Waals surface area (Å²) in [5, 5.41) is 15.6. The Balaban J connectivity index is 1.41. The van der Waals surface area contributed by atoms with E-state index in [9.17, 15) is 0 Å². The molecule has 0 spiro atoms. The van der Waals surface area contributed by atoms with E-state index in [2.05, 4.69) is 82.3 Å². The summed E-state index contributed by atoms with van der Waals surface area (Å²) in [6, 6.07) is 18.6. The number of nitrogens with one attached hydrogen (secondary N) is 2. The first-order valence-corrected chi connectivity index (χ1v) is 12.5. The van der Waals surface area contributed by atoms with Gasteiger partial charge in [-0.05, 0) is 62.6 Å². The average Bonchev–Trinajstić information content (AvgIpc) is 3.62. The number of rotatable bonds is 7. The van der Waals surface area contributed by atoms with E-state index in [1.54, 1.807) is 0 Å². The summed E-state index contributed by atoms with van der Waals surface area (Å²) >= 11 is 3.86. The SMILES string of the molecule is CCCCc1nc2cccnc2n1Cc1ccc2[nH]c(-c3ccccc3-c3nnn[nH]3)c(Br)c2c1. The molecule has 0 aliphatic heterocycles. The van der Waals surface area contributed by atoms with Crippen molar-refractivity contribution in [3.63, 3.8) is 0 Å². The summed E-state index contributed by atoms with van der Waals surface area (Å²) in [7, 11) is 0. The molecule has 0 atom stereocenters. The van der Waals surface area contributed by atoms with Crippen LogP contribution in [-0.2, 0) is 13.0 Å². The molecule has 2 N–H and O–H groups in total. The Morgan fingerprint density at radius 2 is 1.91 bits per heavy atom. The van der Waals surface area contributed by atoms with Crippen LogP contribution in [0.5, 0.6) is 0 Å². The molecule has 2 aromatic carbocycles. The number of nitrogens with zero attached hydrogens (tertiary/aromatic N) is 6. The molecule has 0 saturated carbocycles. The number of hydrogen-bond donors (Lipinski definition) is 2. The second-order valence-electron chi connectivity index (χ2n) is 8.55. The van der Waals surface area contributed by atoms with Crippen molar-refractivity contribution in [2.24, 2.45) is 0 Å². The minimum Gasteiger partial charge on any atom is -0.354 e. The van der Waals surface area contributed by atoms with E-state index in [1.165, 1.54) is 5.56 Å². The summed E-state index contributed by atoms with van der Waals surface area (Å²) in [4.78, 5) is 13.1. The summed E-state index contributed by atoms with van der Waals surface area (Å²) < 4.78 is 3.26. The zero-order chi connectivity index (χ0) is 23.8. The quantitative estimate of drug-likeness (QED) is 0.269. The van der Waals surface area contributed by atoms with Gasteiger partial charge in [-0.3, -0.25) is 0 Å². The number of unbranched alkanes of at least 4 members (excludes halogenated alkanes) is 1. The number of fused-ring (bicyclic) bond motifs is 2. The van der Waals surface area contributed by atoms with Gasteiger partial charge in [0.15, 0.2) is 11.5 Å². The van der Waals surface area contributed by atoms with Gasteiger partial charge in [-0.25, -0.2) is 15.1 Å². The third kappa shape index (κ3) is 3.91. The van der Waals surface area contributed by atoms with E-state index in [0.717, 1.165) is 75.0 Å². The van der Waals surface area contributed by atoms with Crippen LogP contribution in [0.15, 0.2) is 65.3 Å². The fourth-order valence-electron chi connectivity index (χ4n) is 4.55. The van der Waals surface area contributed by atoms with Crippen molar-refractivity contribution in [2.75, 3.05) is 0 Å². The molecule has 8 nitrogen and oxygen atoms in total. The number of hydrogen-bond acceptors (Lipinski definition) is 5. The van der Waals surface area contributed by atoms with Crippen molar-refractivity contribution in [2.45, 2.75) is 32.7 Å². The lowest BCUT2D eigenvalue weighted by Crippen LogP contribution is -2.06. The normalized spacial score (nSPS) is 11.6. The van der Waals surface area contributed by atoms with Crippen molar-refractivity contribution in [1.82, 2.24) is 40.1 Å². The zero-order valence-corrected chi connectivity index (χ0v) is 20.7. The Morgan fingerprint density at radius 3 is 2.74 bits per heavy atom. The highest BCUT2D eigenvalue weighted by Crippen LogP contribution is 2.39. The van der Waals surface area contributed by atoms with Crippen molar-refractivity contribution in [1.29, 1.82) is 0 Å². The summed E-state index contributed by atoms with van der Waals surface area (Å²) in [5.41, 5.74) is 7.07. The van der Waals surface area contributed by atoms with E-state index in [1.807, 2.05) is 36.5 Å². The van der Waals surface area contributed by atoms with Crippen molar-refractivity contribution in [3.8, 4) is 22.6 Å². The number of aryl methyl sites for hydroxylation is 1. The maximum absolute atomic E-state index is 4.87. The Labute approximate surface area is 209 Å². The fourth-order valence-corrected chi connectivity index (χ4v) is 5.19. The van der Waals surface area contributed by atoms with Gasteiger partial charge in [-0.1, -0.05) is 43.7 Å². The molecule has 6 aromatic rings. The number of tetrazole rings is 1. The summed E-state index contributed by atoms with van der Waals surface area (Å²) in [6.07, 6.45) is 5.02. The Hall–Kier alpha value is -3.85. The van der Waals surface area contributed by atoms with Gasteiger partial charge in [0.2, 0.25) is 0 Å². The van der Waals surface area contributed by atoms with E-state index in [4.69, 9.17) is 4.98 Å². The van der Waals surface area contributed by atoms with Crippen LogP contribution in [0, 0.1) is 0 Å². The minimum absolute atomic E-state index is 0.630. The number of aromatic amines is 2. The van der Waals surface area contributed by atoms with E-state index >= 15 is 0 Å². The zero-order valence-electron chi connectivity index (χ0n) is 19.2. The standard InChI is InChI=1S/C26H23BrN8/c1-2-3-10-22-29-21-9-6-13-28-26(21)35(22)15-16-11-12-20-19(14-16)23(27)24(30-20)17-7-4-5-8-18(17)25-31-33-34-32-25/h4-9,11-14,30H,2-3,10,15H2,1H3,(H,31,32,33,34). The molecule has 0 aliphatic rings. The molecule has 6 rings (SSSR count). The van der Waals surface area contributed by atoms with Crippen LogP contribution in [0.1, 0.15) is 31.2 Å². The first kappa shape index (κ1) is 21.7. The van der Waals surface area contributed by atoms with Crippen molar-refractivity contribution < 1.29 is 0 Å². The smallest absolute Gasteiger partial charge is 0.180 e. The molecule has 0 radical (unpaired) electrons. The second kappa shape index (κ2) is 9.07. The highest BCUT2D eigenvalue weighted by atomic mass is 79.9. The Kier molecular flexibility index (Phi) is 5.61. The van der Waals surface area contributed by atoms with Crippen LogP contribution in [0.3, 0.4) is 0 Å². The van der Waals surface area contributed by atoms with Gasteiger partial charge in [0.1, 0.15) is 11.3 Å². The van der Waals surface area contributed by atoms with Gasteiger partial charge in [-0.2, -0.15) is 0 Å². The van der Waals surface area contributed by atoms with Gasteiger partial charge >= 0.3 is 0 Å². The molecule has 0 amide bonds. The van der Waals surface area contributed by atoms with Gasteiger partial charge in [0.25, 0.3) is 0 Å². The average molecular weight is 527 g/mol. The third-order valence-electron chi connectivity index (χ3n) is 6.27. The molecule has 35 heavy (non-hydrogen) atoms. The molecule has 0 saturated heterocycles. The van der Waals surface area contributed by atoms with Crippen LogP contribution >= 0.6 is 15.9 Å². The maximum atomic E-state index is 4.87. The molecule has 0 aliphatic carbocycles. The molecule has 9 heteroatoms. The number of H-pyrrole nitrogens is 2. The topological polar surface area (TPSA) is 101 Å². The lowest BCUT2D eigenvalue weighted by atomic mass is 10.0. The molecule has 174 valence electrons. The number of pyridine rings is 1. The monoisotopic (exact) mass is 526 g/mol. The predicted octanol–water partition coefficient (Wildman–Crippen LogP) is 5.91. The van der Waals surface area contributed by atoms with Gasteiger partial charge < -0.3 is 9.55 Å². The maximum Gasteiger partial charge on any atom is 0.180 e. The predicted molar refractivity (Wildman–Crippen MR) is 140 cm³/mol. The van der Waals surface area contributed by atoms with Crippen molar-refractivity contribution >= 4 is 38.0 Å². The molecular weight excluding hydrogens is 504 g/mol. The van der Waals surface area contributed by atoms with Crippen LogP contribution < -0.4 is 0 Å². The molecule has 0 fully saturated rings. The lowest BCUT2D eigenvalue weighted by molar-refractivity contribution is 0.687. The second-order valence-corrected chi connectivity index (χ2v) is 9.35. The van der Waals surface area contributed by atoms with Crippen LogP contribution in [0.4, 0.5) is 0 Å². The largest absolute Gasteiger partial charge is 0.354 e. The number of benzene rings is 2. The van der Waals surface area contributed by atoms with Crippen LogP contribution in [0.25, 0.3) is 44.7 Å². The minimum atomic E-state index is 0.630. The first-order valence-electron chi connectivity index (χ1n) is 11.7. The van der Waals surface area contributed by atoms with Gasteiger partial charge in [0.05, 0.1) is 16.7 Å². The molecule has 4 aromatic heterocycles. The van der Waals surface area contributed by atoms with Crippen LogP contribution in [-0.4, -0.2) is 40.1 Å². The van der Waals surface area contributed by atoms with E-state index < -0.39 is 0 Å². The summed E-state index contributed by atoms with van der Waals surface area (Å²) in [5.74, 6) is 1.72. The highest BCUT2D eigenvalue weighted by Gasteiger charge is 2.18. The van der Waals surface area contributed by atoms with Crippen LogP contribution in [0.2, 0.25) is 0 Å². The Morgan fingerprint density at radius 1 is 1.03 bits per heavy atom. The highest BCUT2D eigenvalue weighted by molar-refractivity contribution is 9.10. The van der Waals surface area contributed by atoms with Gasteiger partial charge in [0, 0.05) is 34.6 Å². The molecule has 0 unspecified atom stereocenters. The van der Waals surface area contributed by atoms with E-state index in [0.29, 0.717) is 5.82 Å². The first-order chi connectivity index (χ1) is 17.2. The summed E-state index contributed by atoms with van der Waals surface area (Å²) in [6.45, 7) is 2.92. The molecular formula is C26H23BrN8.